The van der Waals surface area contributed by atoms with E-state index in [-0.39, 0.29) is 31.2 Å². The molecule has 1 fully saturated rings. The maximum Gasteiger partial charge on any atom is 0.295 e. The Morgan fingerprint density at radius 2 is 1.71 bits per heavy atom. The van der Waals surface area contributed by atoms with Crippen LogP contribution in [0.5, 0.6) is 5.75 Å². The standard InChI is InChI=1S/C27H27N3O5/c1-3-7-19(17-31)20-10-11-22(35-2)23-21(16-28-24(20)23)25(32)27(34)30-14-12-29(13-15-30)26(33)18-8-5-4-6-9-18/h3-11,16,28,31H,1,12-15,17H2,2H3/b19-7+. The number of hydrogen-bond acceptors (Lipinski definition) is 5. The van der Waals surface area contributed by atoms with Crippen molar-refractivity contribution in [3.63, 3.8) is 0 Å². The molecule has 0 aliphatic carbocycles. The van der Waals surface area contributed by atoms with E-state index in [1.165, 1.54) is 18.2 Å². The third-order valence-electron chi connectivity index (χ3n) is 6.17. The number of Topliss-reactive ketones (excluding diaryl/α,β-unsaturated/α-hetero) is 1. The molecule has 0 unspecified atom stereocenters. The van der Waals surface area contributed by atoms with Gasteiger partial charge in [-0.2, -0.15) is 0 Å². The number of nitrogens with zero attached hydrogens (tertiary/aromatic N) is 2. The Labute approximate surface area is 203 Å². The summed E-state index contributed by atoms with van der Waals surface area (Å²) in [7, 11) is 1.49. The number of ketones is 1. The molecule has 180 valence electrons. The van der Waals surface area contributed by atoms with Gasteiger partial charge in [0.1, 0.15) is 5.75 Å². The molecule has 0 bridgehead atoms. The van der Waals surface area contributed by atoms with E-state index in [1.54, 1.807) is 41.3 Å². The smallest absolute Gasteiger partial charge is 0.295 e. The molecule has 35 heavy (non-hydrogen) atoms. The quantitative estimate of drug-likeness (QED) is 0.312. The topological polar surface area (TPSA) is 103 Å². The summed E-state index contributed by atoms with van der Waals surface area (Å²) >= 11 is 0. The molecule has 0 atom stereocenters. The van der Waals surface area contributed by atoms with Crippen molar-refractivity contribution in [2.75, 3.05) is 39.9 Å². The number of benzene rings is 2. The van der Waals surface area contributed by atoms with Gasteiger partial charge in [0.2, 0.25) is 0 Å². The molecule has 8 nitrogen and oxygen atoms in total. The van der Waals surface area contributed by atoms with Crippen molar-refractivity contribution in [1.82, 2.24) is 14.8 Å². The van der Waals surface area contributed by atoms with Gasteiger partial charge in [0.25, 0.3) is 17.6 Å². The average molecular weight is 474 g/mol. The monoisotopic (exact) mass is 473 g/mol. The number of ether oxygens (including phenoxy) is 1. The summed E-state index contributed by atoms with van der Waals surface area (Å²) in [4.78, 5) is 45.3. The number of amides is 2. The number of carbonyl (C=O) groups is 3. The predicted octanol–water partition coefficient (Wildman–Crippen LogP) is 2.91. The lowest BCUT2D eigenvalue weighted by Crippen LogP contribution is -2.52. The van der Waals surface area contributed by atoms with Gasteiger partial charge in [-0.05, 0) is 29.8 Å². The maximum atomic E-state index is 13.3. The minimum absolute atomic E-state index is 0.0924. The summed E-state index contributed by atoms with van der Waals surface area (Å²) in [5, 5.41) is 10.3. The Morgan fingerprint density at radius 1 is 1.03 bits per heavy atom. The van der Waals surface area contributed by atoms with Gasteiger partial charge in [0.15, 0.2) is 0 Å². The lowest BCUT2D eigenvalue weighted by atomic mass is 9.99. The molecule has 3 aromatic rings. The largest absolute Gasteiger partial charge is 0.496 e. The SMILES string of the molecule is C=C/C=C(\CO)c1ccc(OC)c2c(C(=O)C(=O)N3CCN(C(=O)c4ccccc4)CC3)c[nH]c12. The van der Waals surface area contributed by atoms with Gasteiger partial charge in [0, 0.05) is 43.5 Å². The fourth-order valence-electron chi connectivity index (χ4n) is 4.34. The number of aliphatic hydroxyl groups is 1. The summed E-state index contributed by atoms with van der Waals surface area (Å²) < 4.78 is 5.47. The first kappa shape index (κ1) is 24.0. The van der Waals surface area contributed by atoms with Crippen LogP contribution in [0.3, 0.4) is 0 Å². The van der Waals surface area contributed by atoms with Crippen LogP contribution in [-0.4, -0.2) is 77.4 Å². The van der Waals surface area contributed by atoms with E-state index in [4.69, 9.17) is 4.74 Å². The summed E-state index contributed by atoms with van der Waals surface area (Å²) in [6.07, 6.45) is 4.75. The molecule has 8 heteroatoms. The van der Waals surface area contributed by atoms with Crippen molar-refractivity contribution in [2.24, 2.45) is 0 Å². The zero-order valence-corrected chi connectivity index (χ0v) is 19.5. The summed E-state index contributed by atoms with van der Waals surface area (Å²) in [5.74, 6) is -0.942. The molecule has 2 N–H and O–H groups in total. The van der Waals surface area contributed by atoms with Crippen molar-refractivity contribution in [1.29, 1.82) is 0 Å². The highest BCUT2D eigenvalue weighted by Crippen LogP contribution is 2.34. The van der Waals surface area contributed by atoms with Crippen LogP contribution >= 0.6 is 0 Å². The second kappa shape index (κ2) is 10.4. The Morgan fingerprint density at radius 3 is 2.34 bits per heavy atom. The Balaban J connectivity index is 1.56. The minimum atomic E-state index is -0.659. The highest BCUT2D eigenvalue weighted by molar-refractivity contribution is 6.45. The van der Waals surface area contributed by atoms with Gasteiger partial charge in [-0.3, -0.25) is 14.4 Å². The van der Waals surface area contributed by atoms with Gasteiger partial charge >= 0.3 is 0 Å². The van der Waals surface area contributed by atoms with Crippen molar-refractivity contribution >= 4 is 34.1 Å². The third kappa shape index (κ3) is 4.61. The molecular weight excluding hydrogens is 446 g/mol. The van der Waals surface area contributed by atoms with Crippen molar-refractivity contribution in [3.8, 4) is 5.75 Å². The molecule has 0 spiro atoms. The van der Waals surface area contributed by atoms with E-state index in [0.717, 1.165) is 0 Å². The second-order valence-corrected chi connectivity index (χ2v) is 8.13. The molecule has 4 rings (SSSR count). The minimum Gasteiger partial charge on any atom is -0.496 e. The first-order chi connectivity index (χ1) is 17.0. The Hall–Kier alpha value is -4.17. The number of rotatable bonds is 7. The summed E-state index contributed by atoms with van der Waals surface area (Å²) in [6.45, 7) is 4.69. The number of nitrogens with one attached hydrogen (secondary N) is 1. The van der Waals surface area contributed by atoms with E-state index in [9.17, 15) is 19.5 Å². The van der Waals surface area contributed by atoms with Crippen LogP contribution < -0.4 is 4.74 Å². The zero-order chi connectivity index (χ0) is 24.9. The molecule has 2 aromatic carbocycles. The second-order valence-electron chi connectivity index (χ2n) is 8.13. The van der Waals surface area contributed by atoms with Gasteiger partial charge < -0.3 is 24.6 Å². The number of fused-ring (bicyclic) bond motifs is 1. The number of methoxy groups -OCH3 is 1. The average Bonchev–Trinajstić information content (AvgIpc) is 3.36. The molecular formula is C27H27N3O5. The van der Waals surface area contributed by atoms with E-state index >= 15 is 0 Å². The van der Waals surface area contributed by atoms with Crippen molar-refractivity contribution in [2.45, 2.75) is 0 Å². The van der Waals surface area contributed by atoms with Crippen LogP contribution in [0.15, 0.2) is 67.4 Å². The number of carbonyl (C=O) groups excluding carboxylic acids is 3. The van der Waals surface area contributed by atoms with Crippen LogP contribution in [0, 0.1) is 0 Å². The van der Waals surface area contributed by atoms with Crippen LogP contribution in [0.2, 0.25) is 0 Å². The van der Waals surface area contributed by atoms with Crippen LogP contribution in [0.25, 0.3) is 16.5 Å². The van der Waals surface area contributed by atoms with Crippen molar-refractivity contribution in [3.05, 3.63) is 84.1 Å². The van der Waals surface area contributed by atoms with Crippen molar-refractivity contribution < 1.29 is 24.2 Å². The van der Waals surface area contributed by atoms with Crippen LogP contribution in [0.4, 0.5) is 0 Å². The number of aromatic amines is 1. The number of allylic oxidation sites excluding steroid dienone is 2. The first-order valence-electron chi connectivity index (χ1n) is 11.3. The number of aromatic nitrogens is 1. The number of hydrogen-bond donors (Lipinski definition) is 2. The fraction of sp³-hybridized carbons (Fsp3) is 0.222. The summed E-state index contributed by atoms with van der Waals surface area (Å²) in [6, 6.07) is 12.5. The van der Waals surface area contributed by atoms with E-state index in [2.05, 4.69) is 11.6 Å². The van der Waals surface area contributed by atoms with Crippen LogP contribution in [-0.2, 0) is 4.79 Å². The Bertz CT molecular complexity index is 1300. The van der Waals surface area contributed by atoms with E-state index in [1.807, 2.05) is 18.2 Å². The molecule has 2 amide bonds. The van der Waals surface area contributed by atoms with Gasteiger partial charge in [-0.1, -0.05) is 36.9 Å². The first-order valence-corrected chi connectivity index (χ1v) is 11.3. The summed E-state index contributed by atoms with van der Waals surface area (Å²) in [5.41, 5.74) is 2.67. The van der Waals surface area contributed by atoms with Gasteiger partial charge in [0.05, 0.1) is 30.2 Å². The van der Waals surface area contributed by atoms with Gasteiger partial charge in [-0.15, -0.1) is 0 Å². The highest BCUT2D eigenvalue weighted by Gasteiger charge is 2.31. The number of H-pyrrole nitrogens is 1. The molecule has 1 aliphatic heterocycles. The normalized spacial score (nSPS) is 14.2. The molecule has 0 saturated carbocycles. The van der Waals surface area contributed by atoms with E-state index in [0.29, 0.717) is 46.4 Å². The molecule has 1 saturated heterocycles. The maximum absolute atomic E-state index is 13.3. The van der Waals surface area contributed by atoms with E-state index < -0.39 is 11.7 Å². The molecule has 0 radical (unpaired) electrons. The zero-order valence-electron chi connectivity index (χ0n) is 19.5. The lowest BCUT2D eigenvalue weighted by Gasteiger charge is -2.34. The Kier molecular flexibility index (Phi) is 7.12. The highest BCUT2D eigenvalue weighted by atomic mass is 16.5. The fourth-order valence-corrected chi connectivity index (χ4v) is 4.34. The van der Waals surface area contributed by atoms with Gasteiger partial charge in [-0.25, -0.2) is 0 Å². The number of aliphatic hydroxyl groups excluding tert-OH is 1. The number of piperazine rings is 1. The predicted molar refractivity (Wildman–Crippen MR) is 133 cm³/mol. The third-order valence-corrected chi connectivity index (χ3v) is 6.17. The van der Waals surface area contributed by atoms with Crippen LogP contribution in [0.1, 0.15) is 26.3 Å². The lowest BCUT2D eigenvalue weighted by molar-refractivity contribution is -0.127. The molecule has 1 aromatic heterocycles. The molecule has 1 aliphatic rings. The molecule has 2 heterocycles.